The average Bonchev–Trinajstić information content (AvgIpc) is 2.51. The van der Waals surface area contributed by atoms with E-state index >= 15 is 0 Å². The summed E-state index contributed by atoms with van der Waals surface area (Å²) in [5.41, 5.74) is 0. The van der Waals surface area contributed by atoms with Gasteiger partial charge in [0.15, 0.2) is 0 Å². The highest BCUT2D eigenvalue weighted by Gasteiger charge is 2.20. The first-order valence-corrected chi connectivity index (χ1v) is 4.94. The molecule has 0 spiro atoms. The normalized spacial score (nSPS) is 21.2. The fourth-order valence-corrected chi connectivity index (χ4v) is 1.82. The summed E-state index contributed by atoms with van der Waals surface area (Å²) in [6.07, 6.45) is 9.32. The van der Waals surface area contributed by atoms with E-state index in [1.807, 2.05) is 0 Å². The maximum Gasteiger partial charge on any atom is 0.0714 e. The molecule has 0 saturated carbocycles. The van der Waals surface area contributed by atoms with Crippen LogP contribution < -0.4 is 0 Å². The Morgan fingerprint density at radius 2 is 1.92 bits per heavy atom. The van der Waals surface area contributed by atoms with E-state index in [9.17, 15) is 0 Å². The van der Waals surface area contributed by atoms with E-state index < -0.39 is 0 Å². The quantitative estimate of drug-likeness (QED) is 0.579. The van der Waals surface area contributed by atoms with Crippen molar-refractivity contribution in [2.24, 2.45) is 5.92 Å². The monoisotopic (exact) mass is 165 g/mol. The predicted molar refractivity (Wildman–Crippen MR) is 52.9 cm³/mol. The Kier molecular flexibility index (Phi) is 3.62. The SMILES string of the molecule is C#CC(CC(C)C)N1CCCC1. The largest absolute Gasteiger partial charge is 0.290 e. The van der Waals surface area contributed by atoms with Gasteiger partial charge in [-0.05, 0) is 38.3 Å². The smallest absolute Gasteiger partial charge is 0.0714 e. The highest BCUT2D eigenvalue weighted by molar-refractivity contribution is 5.01. The molecule has 0 aromatic rings. The van der Waals surface area contributed by atoms with Crippen molar-refractivity contribution in [1.82, 2.24) is 4.90 Å². The van der Waals surface area contributed by atoms with Crippen LogP contribution in [0.1, 0.15) is 33.1 Å². The van der Waals surface area contributed by atoms with Gasteiger partial charge in [-0.1, -0.05) is 19.8 Å². The summed E-state index contributed by atoms with van der Waals surface area (Å²) >= 11 is 0. The van der Waals surface area contributed by atoms with Gasteiger partial charge in [-0.25, -0.2) is 0 Å². The second-order valence-electron chi connectivity index (χ2n) is 4.06. The van der Waals surface area contributed by atoms with Crippen LogP contribution in [0.3, 0.4) is 0 Å². The minimum Gasteiger partial charge on any atom is -0.290 e. The van der Waals surface area contributed by atoms with E-state index in [4.69, 9.17) is 6.42 Å². The van der Waals surface area contributed by atoms with Crippen LogP contribution in [0.2, 0.25) is 0 Å². The average molecular weight is 165 g/mol. The molecule has 1 unspecified atom stereocenters. The van der Waals surface area contributed by atoms with Gasteiger partial charge in [-0.2, -0.15) is 0 Å². The van der Waals surface area contributed by atoms with Crippen LogP contribution in [0.25, 0.3) is 0 Å². The molecule has 1 heterocycles. The Labute approximate surface area is 76.1 Å². The first kappa shape index (κ1) is 9.61. The second kappa shape index (κ2) is 4.52. The molecule has 1 aliphatic heterocycles. The van der Waals surface area contributed by atoms with Gasteiger partial charge in [0.1, 0.15) is 0 Å². The lowest BCUT2D eigenvalue weighted by molar-refractivity contribution is 0.261. The minimum absolute atomic E-state index is 0.396. The fraction of sp³-hybridized carbons (Fsp3) is 0.818. The summed E-state index contributed by atoms with van der Waals surface area (Å²) in [4.78, 5) is 2.44. The van der Waals surface area contributed by atoms with Gasteiger partial charge in [0, 0.05) is 0 Å². The lowest BCUT2D eigenvalue weighted by Gasteiger charge is -2.23. The summed E-state index contributed by atoms with van der Waals surface area (Å²) < 4.78 is 0. The zero-order chi connectivity index (χ0) is 8.97. The van der Waals surface area contributed by atoms with Gasteiger partial charge in [-0.3, -0.25) is 4.90 Å². The molecule has 0 radical (unpaired) electrons. The fourth-order valence-electron chi connectivity index (χ4n) is 1.82. The predicted octanol–water partition coefficient (Wildman–Crippen LogP) is 2.13. The van der Waals surface area contributed by atoms with Crippen molar-refractivity contribution in [3.63, 3.8) is 0 Å². The van der Waals surface area contributed by atoms with Crippen LogP contribution in [0.15, 0.2) is 0 Å². The van der Waals surface area contributed by atoms with E-state index in [1.165, 1.54) is 25.9 Å². The van der Waals surface area contributed by atoms with Crippen LogP contribution in [0.4, 0.5) is 0 Å². The van der Waals surface area contributed by atoms with Crippen molar-refractivity contribution in [1.29, 1.82) is 0 Å². The third-order valence-corrected chi connectivity index (χ3v) is 2.47. The van der Waals surface area contributed by atoms with Crippen LogP contribution >= 0.6 is 0 Å². The lowest BCUT2D eigenvalue weighted by Crippen LogP contribution is -2.32. The first-order valence-electron chi connectivity index (χ1n) is 4.94. The highest BCUT2D eigenvalue weighted by atomic mass is 15.2. The Hall–Kier alpha value is -0.480. The Morgan fingerprint density at radius 1 is 1.33 bits per heavy atom. The molecule has 68 valence electrons. The van der Waals surface area contributed by atoms with Crippen LogP contribution in [-0.4, -0.2) is 24.0 Å². The van der Waals surface area contributed by atoms with Gasteiger partial charge in [-0.15, -0.1) is 6.42 Å². The van der Waals surface area contributed by atoms with E-state index in [0.717, 1.165) is 6.42 Å². The molecule has 0 bridgehead atoms. The van der Waals surface area contributed by atoms with Gasteiger partial charge in [0.2, 0.25) is 0 Å². The number of likely N-dealkylation sites (tertiary alicyclic amines) is 1. The van der Waals surface area contributed by atoms with Crippen molar-refractivity contribution < 1.29 is 0 Å². The van der Waals surface area contributed by atoms with Crippen molar-refractivity contribution in [2.75, 3.05) is 13.1 Å². The first-order chi connectivity index (χ1) is 5.74. The van der Waals surface area contributed by atoms with E-state index in [0.29, 0.717) is 12.0 Å². The molecule has 1 nitrogen and oxygen atoms in total. The van der Waals surface area contributed by atoms with Crippen molar-refractivity contribution in [3.05, 3.63) is 0 Å². The van der Waals surface area contributed by atoms with Crippen molar-refractivity contribution in [3.8, 4) is 12.3 Å². The van der Waals surface area contributed by atoms with Gasteiger partial charge in [0.05, 0.1) is 6.04 Å². The van der Waals surface area contributed by atoms with E-state index in [2.05, 4.69) is 24.7 Å². The number of nitrogens with zero attached hydrogens (tertiary/aromatic N) is 1. The second-order valence-corrected chi connectivity index (χ2v) is 4.06. The topological polar surface area (TPSA) is 3.24 Å². The number of hydrogen-bond donors (Lipinski definition) is 0. The van der Waals surface area contributed by atoms with E-state index in [-0.39, 0.29) is 0 Å². The number of rotatable bonds is 3. The summed E-state index contributed by atoms with van der Waals surface area (Å²) in [7, 11) is 0. The van der Waals surface area contributed by atoms with Crippen LogP contribution in [-0.2, 0) is 0 Å². The molecule has 1 heteroatoms. The molecule has 0 amide bonds. The Bertz CT molecular complexity index is 160. The molecule has 1 aliphatic rings. The Balaban J connectivity index is 2.39. The summed E-state index contributed by atoms with van der Waals surface area (Å²) in [6.45, 7) is 6.89. The Morgan fingerprint density at radius 3 is 2.33 bits per heavy atom. The van der Waals surface area contributed by atoms with Crippen molar-refractivity contribution in [2.45, 2.75) is 39.2 Å². The van der Waals surface area contributed by atoms with Crippen molar-refractivity contribution >= 4 is 0 Å². The van der Waals surface area contributed by atoms with Gasteiger partial charge >= 0.3 is 0 Å². The molecule has 0 aromatic heterocycles. The summed E-state index contributed by atoms with van der Waals surface area (Å²) in [6, 6.07) is 0.396. The zero-order valence-electron chi connectivity index (χ0n) is 8.21. The van der Waals surface area contributed by atoms with E-state index in [1.54, 1.807) is 0 Å². The van der Waals surface area contributed by atoms with Crippen LogP contribution in [0, 0.1) is 18.3 Å². The number of terminal acetylenes is 1. The third-order valence-electron chi connectivity index (χ3n) is 2.47. The molecule has 0 N–H and O–H groups in total. The molecule has 1 fully saturated rings. The molecule has 1 rings (SSSR count). The minimum atomic E-state index is 0.396. The molecule has 12 heavy (non-hydrogen) atoms. The molecular weight excluding hydrogens is 146 g/mol. The maximum atomic E-state index is 5.51. The third kappa shape index (κ3) is 2.53. The van der Waals surface area contributed by atoms with Gasteiger partial charge < -0.3 is 0 Å². The maximum absolute atomic E-state index is 5.51. The highest BCUT2D eigenvalue weighted by Crippen LogP contribution is 2.16. The number of hydrogen-bond acceptors (Lipinski definition) is 1. The molecule has 0 aliphatic carbocycles. The molecule has 0 aromatic carbocycles. The molecular formula is C11H19N. The lowest BCUT2D eigenvalue weighted by atomic mass is 10.0. The summed E-state index contributed by atoms with van der Waals surface area (Å²) in [5, 5.41) is 0. The zero-order valence-corrected chi connectivity index (χ0v) is 8.21. The standard InChI is InChI=1S/C11H19N/c1-4-11(9-10(2)3)12-7-5-6-8-12/h1,10-11H,5-9H2,2-3H3. The molecule has 1 atom stereocenters. The van der Waals surface area contributed by atoms with Crippen LogP contribution in [0.5, 0.6) is 0 Å². The summed E-state index contributed by atoms with van der Waals surface area (Å²) in [5.74, 6) is 3.62. The molecule has 1 saturated heterocycles. The van der Waals surface area contributed by atoms with Gasteiger partial charge in [0.25, 0.3) is 0 Å².